The predicted octanol–water partition coefficient (Wildman–Crippen LogP) is 2.58. The summed E-state index contributed by atoms with van der Waals surface area (Å²) in [5.74, 6) is 2.13. The molecule has 0 aromatic heterocycles. The maximum Gasteiger partial charge on any atom is 0.0675 e. The number of hydrogen-bond acceptors (Lipinski definition) is 1. The number of rotatable bonds is 1. The summed E-state index contributed by atoms with van der Waals surface area (Å²) in [7, 11) is 0. The van der Waals surface area contributed by atoms with E-state index in [9.17, 15) is 5.11 Å². The van der Waals surface area contributed by atoms with Crippen LogP contribution in [0.3, 0.4) is 0 Å². The molecule has 0 amide bonds. The van der Waals surface area contributed by atoms with Gasteiger partial charge in [0.1, 0.15) is 0 Å². The third kappa shape index (κ3) is 1.28. The van der Waals surface area contributed by atoms with Crippen LogP contribution in [0.5, 0.6) is 0 Å². The quantitative estimate of drug-likeness (QED) is 0.638. The van der Waals surface area contributed by atoms with Crippen molar-refractivity contribution in [3.8, 4) is 0 Å². The van der Waals surface area contributed by atoms with Gasteiger partial charge < -0.3 is 5.11 Å². The smallest absolute Gasteiger partial charge is 0.0675 e. The van der Waals surface area contributed by atoms with E-state index in [4.69, 9.17) is 0 Å². The van der Waals surface area contributed by atoms with Gasteiger partial charge in [0.25, 0.3) is 0 Å². The van der Waals surface area contributed by atoms with Gasteiger partial charge >= 0.3 is 0 Å². The second-order valence-corrected chi connectivity index (χ2v) is 5.21. The Kier molecular flexibility index (Phi) is 1.95. The van der Waals surface area contributed by atoms with Crippen molar-refractivity contribution < 1.29 is 5.11 Å². The van der Waals surface area contributed by atoms with Crippen molar-refractivity contribution in [3.05, 3.63) is 0 Å². The minimum absolute atomic E-state index is 0.315. The standard InChI is InChI=1S/C11H20O/c1-8(2)11(12)6-9-3-4-10(5-9)7-11/h8-10,12H,3-7H2,1-2H3. The summed E-state index contributed by atoms with van der Waals surface area (Å²) in [6.45, 7) is 4.32. The SMILES string of the molecule is CC(C)C1(O)CC2CCC(C2)C1. The Hall–Kier alpha value is -0.0400. The van der Waals surface area contributed by atoms with E-state index in [1.165, 1.54) is 19.3 Å². The van der Waals surface area contributed by atoms with Gasteiger partial charge in [0.15, 0.2) is 0 Å². The van der Waals surface area contributed by atoms with E-state index < -0.39 is 0 Å². The zero-order valence-corrected chi connectivity index (χ0v) is 8.21. The first-order chi connectivity index (χ1) is 5.60. The molecule has 0 aromatic carbocycles. The second-order valence-electron chi connectivity index (χ2n) is 5.21. The number of fused-ring (bicyclic) bond motifs is 2. The molecule has 2 saturated carbocycles. The molecule has 0 radical (unpaired) electrons. The normalized spacial score (nSPS) is 47.0. The summed E-state index contributed by atoms with van der Waals surface area (Å²) in [6, 6.07) is 0. The fourth-order valence-electron chi connectivity index (χ4n) is 3.10. The Morgan fingerprint density at radius 3 is 2.08 bits per heavy atom. The molecular formula is C11H20O. The minimum atomic E-state index is -0.315. The van der Waals surface area contributed by atoms with Crippen LogP contribution in [0.1, 0.15) is 46.0 Å². The highest BCUT2D eigenvalue weighted by Gasteiger charge is 2.44. The Balaban J connectivity index is 2.10. The maximum absolute atomic E-state index is 10.3. The van der Waals surface area contributed by atoms with E-state index in [1.807, 2.05) is 0 Å². The molecule has 1 N–H and O–H groups in total. The summed E-state index contributed by atoms with van der Waals surface area (Å²) in [6.07, 6.45) is 6.29. The zero-order chi connectivity index (χ0) is 8.77. The molecule has 0 heterocycles. The van der Waals surface area contributed by atoms with Gasteiger partial charge in [0, 0.05) is 0 Å². The van der Waals surface area contributed by atoms with Crippen molar-refractivity contribution in [2.45, 2.75) is 51.6 Å². The molecule has 2 atom stereocenters. The lowest BCUT2D eigenvalue weighted by atomic mass is 9.72. The van der Waals surface area contributed by atoms with Gasteiger partial charge in [-0.25, -0.2) is 0 Å². The third-order valence-corrected chi connectivity index (χ3v) is 4.01. The Morgan fingerprint density at radius 2 is 1.67 bits per heavy atom. The Labute approximate surface area is 75.2 Å². The molecule has 2 unspecified atom stereocenters. The molecule has 0 spiro atoms. The van der Waals surface area contributed by atoms with E-state index >= 15 is 0 Å². The lowest BCUT2D eigenvalue weighted by Gasteiger charge is -2.39. The van der Waals surface area contributed by atoms with Gasteiger partial charge in [-0.2, -0.15) is 0 Å². The van der Waals surface area contributed by atoms with Crippen LogP contribution in [0.15, 0.2) is 0 Å². The maximum atomic E-state index is 10.3. The summed E-state index contributed by atoms with van der Waals surface area (Å²) in [5.41, 5.74) is -0.315. The fraction of sp³-hybridized carbons (Fsp3) is 1.00. The van der Waals surface area contributed by atoms with Crippen molar-refractivity contribution in [2.24, 2.45) is 17.8 Å². The molecule has 1 nitrogen and oxygen atoms in total. The minimum Gasteiger partial charge on any atom is -0.390 e. The second kappa shape index (κ2) is 2.73. The molecule has 2 bridgehead atoms. The first-order valence-electron chi connectivity index (χ1n) is 5.32. The Morgan fingerprint density at radius 1 is 1.17 bits per heavy atom. The van der Waals surface area contributed by atoms with Crippen molar-refractivity contribution in [1.82, 2.24) is 0 Å². The molecule has 2 aliphatic rings. The topological polar surface area (TPSA) is 20.2 Å². The van der Waals surface area contributed by atoms with Crippen LogP contribution in [0.25, 0.3) is 0 Å². The highest BCUT2D eigenvalue weighted by Crippen LogP contribution is 2.48. The molecule has 2 rings (SSSR count). The Bertz CT molecular complexity index is 162. The highest BCUT2D eigenvalue weighted by atomic mass is 16.3. The lowest BCUT2D eigenvalue weighted by Crippen LogP contribution is -2.40. The van der Waals surface area contributed by atoms with E-state index in [-0.39, 0.29) is 5.60 Å². The van der Waals surface area contributed by atoms with Crippen LogP contribution in [0.2, 0.25) is 0 Å². The number of aliphatic hydroxyl groups is 1. The van der Waals surface area contributed by atoms with Crippen LogP contribution in [-0.2, 0) is 0 Å². The zero-order valence-electron chi connectivity index (χ0n) is 8.21. The van der Waals surface area contributed by atoms with E-state index in [2.05, 4.69) is 13.8 Å². The van der Waals surface area contributed by atoms with Crippen molar-refractivity contribution in [2.75, 3.05) is 0 Å². The fourth-order valence-corrected chi connectivity index (χ4v) is 3.10. The van der Waals surface area contributed by atoms with Crippen molar-refractivity contribution >= 4 is 0 Å². The highest BCUT2D eigenvalue weighted by molar-refractivity contribution is 4.95. The van der Waals surface area contributed by atoms with Crippen molar-refractivity contribution in [3.63, 3.8) is 0 Å². The molecule has 2 fully saturated rings. The molecule has 0 saturated heterocycles. The summed E-state index contributed by atoms with van der Waals surface area (Å²) >= 11 is 0. The molecule has 12 heavy (non-hydrogen) atoms. The molecule has 70 valence electrons. The van der Waals surface area contributed by atoms with Crippen molar-refractivity contribution in [1.29, 1.82) is 0 Å². The molecule has 0 aliphatic heterocycles. The van der Waals surface area contributed by atoms with Gasteiger partial charge in [0.05, 0.1) is 5.60 Å². The monoisotopic (exact) mass is 168 g/mol. The molecular weight excluding hydrogens is 148 g/mol. The van der Waals surface area contributed by atoms with Gasteiger partial charge in [-0.15, -0.1) is 0 Å². The van der Waals surface area contributed by atoms with Crippen LogP contribution in [0.4, 0.5) is 0 Å². The summed E-state index contributed by atoms with van der Waals surface area (Å²) < 4.78 is 0. The third-order valence-electron chi connectivity index (χ3n) is 4.01. The van der Waals surface area contributed by atoms with E-state index in [0.717, 1.165) is 24.7 Å². The molecule has 2 aliphatic carbocycles. The molecule has 1 heteroatoms. The van der Waals surface area contributed by atoms with Crippen LogP contribution in [-0.4, -0.2) is 10.7 Å². The summed E-state index contributed by atoms with van der Waals surface area (Å²) in [4.78, 5) is 0. The average molecular weight is 168 g/mol. The first-order valence-corrected chi connectivity index (χ1v) is 5.32. The van der Waals surface area contributed by atoms with Gasteiger partial charge in [-0.05, 0) is 37.0 Å². The number of hydrogen-bond donors (Lipinski definition) is 1. The van der Waals surface area contributed by atoms with Gasteiger partial charge in [0.2, 0.25) is 0 Å². The van der Waals surface area contributed by atoms with E-state index in [1.54, 1.807) is 0 Å². The van der Waals surface area contributed by atoms with Gasteiger partial charge in [-0.3, -0.25) is 0 Å². The van der Waals surface area contributed by atoms with Crippen LogP contribution >= 0.6 is 0 Å². The van der Waals surface area contributed by atoms with Crippen LogP contribution < -0.4 is 0 Å². The predicted molar refractivity (Wildman–Crippen MR) is 49.9 cm³/mol. The molecule has 0 aromatic rings. The largest absolute Gasteiger partial charge is 0.390 e. The van der Waals surface area contributed by atoms with Gasteiger partial charge in [-0.1, -0.05) is 26.7 Å². The summed E-state index contributed by atoms with van der Waals surface area (Å²) in [5, 5.41) is 10.3. The first kappa shape index (κ1) is 8.55. The van der Waals surface area contributed by atoms with E-state index in [0.29, 0.717) is 5.92 Å². The average Bonchev–Trinajstić information content (AvgIpc) is 2.30. The lowest BCUT2D eigenvalue weighted by molar-refractivity contribution is -0.0578. The van der Waals surface area contributed by atoms with Crippen LogP contribution in [0, 0.1) is 17.8 Å².